The molecule has 0 saturated heterocycles. The Bertz CT molecular complexity index is 1020. The van der Waals surface area contributed by atoms with Gasteiger partial charge < -0.3 is 14.6 Å². The molecule has 188 valence electrons. The molecule has 8 heteroatoms. The number of carbonyl (C=O) groups is 2. The van der Waals surface area contributed by atoms with Crippen molar-refractivity contribution in [3.05, 3.63) is 77.9 Å². The van der Waals surface area contributed by atoms with Crippen LogP contribution >= 0.6 is 0 Å². The largest absolute Gasteiger partial charge is 0.490 e. The number of hydrogen-bond donors (Lipinski definition) is 2. The molecular formula is C27H34N2O6. The fraction of sp³-hybridized carbons (Fsp3) is 0.407. The number of nitrogens with zero attached hydrogens (tertiary/aromatic N) is 1. The lowest BCUT2D eigenvalue weighted by atomic mass is 9.89. The third-order valence-electron chi connectivity index (χ3n) is 5.66. The van der Waals surface area contributed by atoms with Crippen LogP contribution < -0.4 is 10.2 Å². The predicted molar refractivity (Wildman–Crippen MR) is 132 cm³/mol. The Labute approximate surface area is 206 Å². The molecule has 0 saturated carbocycles. The lowest BCUT2D eigenvalue weighted by Gasteiger charge is -2.38. The summed E-state index contributed by atoms with van der Waals surface area (Å²) in [6, 6.07) is 13.3. The van der Waals surface area contributed by atoms with Crippen molar-refractivity contribution in [3.8, 4) is 5.75 Å². The molecule has 0 aromatic heterocycles. The van der Waals surface area contributed by atoms with Crippen LogP contribution in [0.15, 0.2) is 61.2 Å². The molecule has 1 amide bonds. The zero-order valence-corrected chi connectivity index (χ0v) is 20.5. The number of benzene rings is 2. The number of ether oxygens (including phenoxy) is 2. The summed E-state index contributed by atoms with van der Waals surface area (Å²) in [6.07, 6.45) is 1.09. The summed E-state index contributed by atoms with van der Waals surface area (Å²) in [5, 5.41) is 9.94. The number of esters is 1. The Kier molecular flexibility index (Phi) is 8.89. The highest BCUT2D eigenvalue weighted by atomic mass is 16.6. The highest BCUT2D eigenvalue weighted by Gasteiger charge is 2.41. The van der Waals surface area contributed by atoms with Crippen molar-refractivity contribution in [1.82, 2.24) is 10.4 Å². The van der Waals surface area contributed by atoms with E-state index in [1.165, 1.54) is 0 Å². The first kappa shape index (κ1) is 26.2. The molecule has 2 atom stereocenters. The fourth-order valence-corrected chi connectivity index (χ4v) is 3.80. The average Bonchev–Trinajstić information content (AvgIpc) is 2.82. The van der Waals surface area contributed by atoms with Crippen LogP contribution in [-0.2, 0) is 21.0 Å². The highest BCUT2D eigenvalue weighted by Crippen LogP contribution is 2.38. The van der Waals surface area contributed by atoms with Crippen LogP contribution in [0.25, 0.3) is 0 Å². The van der Waals surface area contributed by atoms with E-state index < -0.39 is 24.1 Å². The van der Waals surface area contributed by atoms with Gasteiger partial charge in [0.25, 0.3) is 0 Å². The van der Waals surface area contributed by atoms with Gasteiger partial charge in [0.2, 0.25) is 0 Å². The van der Waals surface area contributed by atoms with Crippen LogP contribution in [0, 0.1) is 5.41 Å². The number of fused-ring (bicyclic) bond motifs is 1. The topological polar surface area (TPSA) is 97.3 Å². The SMILES string of the molecule is C=CCOc1ccc2c(c1)C(NOCc1ccccc1)CN(C(=O)O)C2C(=O)OCCC(C)(C)C. The standard InChI is InChI=1S/C27H34N2O6/c1-5-14-33-20-11-12-21-22(16-20)23(28-35-18-19-9-7-6-8-10-19)17-29(26(31)32)24(21)25(30)34-15-13-27(2,3)4/h5-12,16,23-24,28H,1,13-15,17-18H2,2-4H3,(H,31,32). The molecule has 1 heterocycles. The van der Waals surface area contributed by atoms with E-state index in [0.29, 0.717) is 30.9 Å². The molecular weight excluding hydrogens is 448 g/mol. The molecule has 0 bridgehead atoms. The van der Waals surface area contributed by atoms with Gasteiger partial charge in [-0.2, -0.15) is 5.48 Å². The van der Waals surface area contributed by atoms with Gasteiger partial charge in [-0.05, 0) is 40.7 Å². The quantitative estimate of drug-likeness (QED) is 0.279. The number of amides is 1. The van der Waals surface area contributed by atoms with Crippen LogP contribution in [0.4, 0.5) is 4.79 Å². The smallest absolute Gasteiger partial charge is 0.408 e. The summed E-state index contributed by atoms with van der Waals surface area (Å²) in [6.45, 7) is 10.7. The van der Waals surface area contributed by atoms with Crippen LogP contribution in [0.3, 0.4) is 0 Å². The molecule has 0 spiro atoms. The fourth-order valence-electron chi connectivity index (χ4n) is 3.80. The van der Waals surface area contributed by atoms with E-state index in [4.69, 9.17) is 14.3 Å². The Hall–Kier alpha value is -3.36. The second-order valence-corrected chi connectivity index (χ2v) is 9.65. The van der Waals surface area contributed by atoms with Crippen molar-refractivity contribution in [2.24, 2.45) is 5.41 Å². The number of nitrogens with one attached hydrogen (secondary N) is 1. The van der Waals surface area contributed by atoms with Gasteiger partial charge in [-0.25, -0.2) is 9.59 Å². The van der Waals surface area contributed by atoms with Crippen LogP contribution in [-0.4, -0.2) is 41.8 Å². The molecule has 1 aliphatic heterocycles. The Morgan fingerprint density at radius 2 is 1.91 bits per heavy atom. The lowest BCUT2D eigenvalue weighted by molar-refractivity contribution is -0.151. The second kappa shape index (κ2) is 11.9. The average molecular weight is 483 g/mol. The van der Waals surface area contributed by atoms with Crippen molar-refractivity contribution in [3.63, 3.8) is 0 Å². The first-order valence-corrected chi connectivity index (χ1v) is 11.6. The molecule has 0 fully saturated rings. The third-order valence-corrected chi connectivity index (χ3v) is 5.66. The van der Waals surface area contributed by atoms with E-state index in [-0.39, 0.29) is 18.6 Å². The van der Waals surface area contributed by atoms with Crippen LogP contribution in [0.1, 0.15) is 56.0 Å². The molecule has 0 aliphatic carbocycles. The zero-order chi connectivity index (χ0) is 25.4. The zero-order valence-electron chi connectivity index (χ0n) is 20.5. The van der Waals surface area contributed by atoms with E-state index in [1.54, 1.807) is 24.3 Å². The number of hydroxylamine groups is 1. The summed E-state index contributed by atoms with van der Waals surface area (Å²) in [7, 11) is 0. The van der Waals surface area contributed by atoms with Crippen molar-refractivity contribution in [1.29, 1.82) is 0 Å². The molecule has 2 aromatic rings. The highest BCUT2D eigenvalue weighted by molar-refractivity contribution is 5.83. The van der Waals surface area contributed by atoms with Crippen molar-refractivity contribution >= 4 is 12.1 Å². The van der Waals surface area contributed by atoms with Gasteiger partial charge in [-0.3, -0.25) is 9.74 Å². The monoisotopic (exact) mass is 482 g/mol. The Morgan fingerprint density at radius 1 is 1.17 bits per heavy atom. The molecule has 2 unspecified atom stereocenters. The molecule has 35 heavy (non-hydrogen) atoms. The first-order chi connectivity index (χ1) is 16.7. The minimum atomic E-state index is -1.21. The third kappa shape index (κ3) is 7.31. The van der Waals surface area contributed by atoms with Gasteiger partial charge in [-0.1, -0.05) is 69.8 Å². The maximum atomic E-state index is 13.1. The van der Waals surface area contributed by atoms with Crippen molar-refractivity contribution in [2.75, 3.05) is 19.8 Å². The minimum absolute atomic E-state index is 0.00106. The number of carbonyl (C=O) groups excluding carboxylic acids is 1. The molecule has 8 nitrogen and oxygen atoms in total. The summed E-state index contributed by atoms with van der Waals surface area (Å²) < 4.78 is 11.2. The van der Waals surface area contributed by atoms with Gasteiger partial charge in [0.05, 0.1) is 19.3 Å². The summed E-state index contributed by atoms with van der Waals surface area (Å²) in [4.78, 5) is 32.1. The molecule has 0 radical (unpaired) electrons. The molecule has 2 N–H and O–H groups in total. The van der Waals surface area contributed by atoms with Gasteiger partial charge >= 0.3 is 12.1 Å². The number of carboxylic acid groups (broad SMARTS) is 1. The normalized spacial score (nSPS) is 17.4. The lowest BCUT2D eigenvalue weighted by Crippen LogP contribution is -2.48. The van der Waals surface area contributed by atoms with Gasteiger partial charge in [0.15, 0.2) is 6.04 Å². The number of rotatable bonds is 10. The Morgan fingerprint density at radius 3 is 2.57 bits per heavy atom. The van der Waals surface area contributed by atoms with E-state index in [9.17, 15) is 14.7 Å². The van der Waals surface area contributed by atoms with Crippen LogP contribution in [0.2, 0.25) is 0 Å². The van der Waals surface area contributed by atoms with E-state index >= 15 is 0 Å². The van der Waals surface area contributed by atoms with E-state index in [2.05, 4.69) is 32.8 Å². The van der Waals surface area contributed by atoms with Gasteiger partial charge in [0, 0.05) is 6.54 Å². The predicted octanol–water partition coefficient (Wildman–Crippen LogP) is 5.03. The summed E-state index contributed by atoms with van der Waals surface area (Å²) in [5.74, 6) is -0.0107. The van der Waals surface area contributed by atoms with E-state index in [0.717, 1.165) is 16.0 Å². The summed E-state index contributed by atoms with van der Waals surface area (Å²) >= 11 is 0. The van der Waals surface area contributed by atoms with Crippen molar-refractivity contribution in [2.45, 2.75) is 45.9 Å². The summed E-state index contributed by atoms with van der Waals surface area (Å²) in [5.41, 5.74) is 5.19. The molecule has 2 aromatic carbocycles. The maximum Gasteiger partial charge on any atom is 0.408 e. The first-order valence-electron chi connectivity index (χ1n) is 11.6. The van der Waals surface area contributed by atoms with Crippen LogP contribution in [0.5, 0.6) is 5.75 Å². The van der Waals surface area contributed by atoms with Gasteiger partial charge in [-0.15, -0.1) is 0 Å². The maximum absolute atomic E-state index is 13.1. The van der Waals surface area contributed by atoms with Crippen molar-refractivity contribution < 1.29 is 29.0 Å². The molecule has 3 rings (SSSR count). The minimum Gasteiger partial charge on any atom is -0.490 e. The Balaban J connectivity index is 1.86. The van der Waals surface area contributed by atoms with Gasteiger partial charge in [0.1, 0.15) is 12.4 Å². The number of hydrogen-bond acceptors (Lipinski definition) is 6. The molecule has 1 aliphatic rings. The van der Waals surface area contributed by atoms with E-state index in [1.807, 2.05) is 30.3 Å². The second-order valence-electron chi connectivity index (χ2n) is 9.65.